The van der Waals surface area contributed by atoms with Crippen molar-refractivity contribution >= 4 is 52.1 Å². The van der Waals surface area contributed by atoms with E-state index in [1.165, 1.54) is 47.9 Å². The molecule has 0 radical (unpaired) electrons. The van der Waals surface area contributed by atoms with Crippen LogP contribution in [0.1, 0.15) is 48.4 Å². The van der Waals surface area contributed by atoms with E-state index in [1.807, 2.05) is 16.3 Å². The number of carboxylic acids is 1. The number of aliphatic carboxylic acids is 1. The number of rotatable bonds is 10. The molecule has 14 heteroatoms. The van der Waals surface area contributed by atoms with Gasteiger partial charge in [0, 0.05) is 61.8 Å². The van der Waals surface area contributed by atoms with Crippen molar-refractivity contribution < 1.29 is 29.2 Å². The zero-order valence-corrected chi connectivity index (χ0v) is 24.6. The Morgan fingerprint density at radius 3 is 2.31 bits per heavy atom. The zero-order valence-electron chi connectivity index (χ0n) is 23.8. The summed E-state index contributed by atoms with van der Waals surface area (Å²) in [4.78, 5) is 69.9. The van der Waals surface area contributed by atoms with Gasteiger partial charge in [0.05, 0.1) is 33.6 Å². The second-order valence-corrected chi connectivity index (χ2v) is 11.1. The van der Waals surface area contributed by atoms with Gasteiger partial charge in [-0.2, -0.15) is 0 Å². The third-order valence-corrected chi connectivity index (χ3v) is 8.12. The second kappa shape index (κ2) is 13.8. The molecule has 45 heavy (non-hydrogen) atoms. The largest absolute Gasteiger partial charge is 0.481 e. The summed E-state index contributed by atoms with van der Waals surface area (Å²) in [5, 5.41) is 27.9. The van der Waals surface area contributed by atoms with Crippen molar-refractivity contribution in [3.05, 3.63) is 116 Å². The molecule has 0 aliphatic carbocycles. The summed E-state index contributed by atoms with van der Waals surface area (Å²) in [5.41, 5.74) is 1.62. The van der Waals surface area contributed by atoms with Crippen LogP contribution in [0.4, 0.5) is 17.1 Å². The number of anilines is 2. The third kappa shape index (κ3) is 7.48. The Morgan fingerprint density at radius 1 is 0.956 bits per heavy atom. The molecule has 1 aliphatic heterocycles. The molecular weight excluding hydrogens is 600 g/mol. The number of nitro benzene ring substituents is 1. The van der Waals surface area contributed by atoms with Crippen LogP contribution in [0.15, 0.2) is 84.5 Å². The lowest BCUT2D eigenvalue weighted by Gasteiger charge is -2.37. The Bertz CT molecular complexity index is 1710. The number of thiophene rings is 1. The lowest BCUT2D eigenvalue weighted by atomic mass is 10.0. The summed E-state index contributed by atoms with van der Waals surface area (Å²) in [6.07, 6.45) is 2.66. The summed E-state index contributed by atoms with van der Waals surface area (Å²) < 4.78 is 0. The molecule has 1 aliphatic rings. The number of benzene rings is 2. The normalized spacial score (nSPS) is 13.5. The van der Waals surface area contributed by atoms with Gasteiger partial charge < -0.3 is 25.5 Å². The highest BCUT2D eigenvalue weighted by molar-refractivity contribution is 7.12. The van der Waals surface area contributed by atoms with Gasteiger partial charge in [0.15, 0.2) is 0 Å². The number of carbonyl (C=O) groups excluding carboxylic acids is 3. The number of amides is 3. The number of nitrogens with zero attached hydrogens (tertiary/aromatic N) is 4. The van der Waals surface area contributed by atoms with E-state index < -0.39 is 28.7 Å². The van der Waals surface area contributed by atoms with Gasteiger partial charge in [-0.25, -0.2) is 0 Å². The molecule has 0 saturated carbocycles. The average Bonchev–Trinajstić information content (AvgIpc) is 3.60. The van der Waals surface area contributed by atoms with Gasteiger partial charge >= 0.3 is 5.97 Å². The Morgan fingerprint density at radius 2 is 1.69 bits per heavy atom. The van der Waals surface area contributed by atoms with Crippen LogP contribution in [-0.4, -0.2) is 69.8 Å². The van der Waals surface area contributed by atoms with Crippen LogP contribution >= 0.6 is 11.3 Å². The van der Waals surface area contributed by atoms with Gasteiger partial charge in [-0.3, -0.25) is 34.3 Å². The second-order valence-electron chi connectivity index (χ2n) is 10.2. The Kier molecular flexibility index (Phi) is 9.43. The van der Waals surface area contributed by atoms with Crippen molar-refractivity contribution in [3.8, 4) is 0 Å². The highest BCUT2D eigenvalue weighted by Crippen LogP contribution is 2.30. The first-order chi connectivity index (χ1) is 21.7. The van der Waals surface area contributed by atoms with Crippen LogP contribution < -0.4 is 15.5 Å². The number of hydrogen-bond donors (Lipinski definition) is 3. The van der Waals surface area contributed by atoms with Crippen molar-refractivity contribution in [1.29, 1.82) is 0 Å². The Hall–Kier alpha value is -5.63. The highest BCUT2D eigenvalue weighted by atomic mass is 32.1. The predicted molar refractivity (Wildman–Crippen MR) is 167 cm³/mol. The fraction of sp³-hybridized carbons (Fsp3) is 0.194. The number of aromatic nitrogens is 1. The molecular formula is C31H28N6O7S. The number of carbonyl (C=O) groups is 4. The number of nitrogens with one attached hydrogen (secondary N) is 2. The number of piperazine rings is 1. The highest BCUT2D eigenvalue weighted by Gasteiger charge is 2.26. The Balaban J connectivity index is 1.40. The summed E-state index contributed by atoms with van der Waals surface area (Å²) in [5.74, 6) is -2.26. The molecule has 13 nitrogen and oxygen atoms in total. The SMILES string of the molecule is O=C(O)CC(NC(=O)c1ccc(N2CCN(C(=O)c3cccs3)CC2)c(NC(=O)c2ccc([N+](=O)[O-])cc2)c1)c1cccnc1. The fourth-order valence-corrected chi connectivity index (χ4v) is 5.63. The van der Waals surface area contributed by atoms with Gasteiger partial charge in [0.2, 0.25) is 0 Å². The van der Waals surface area contributed by atoms with E-state index in [-0.39, 0.29) is 29.1 Å². The van der Waals surface area contributed by atoms with Crippen LogP contribution in [-0.2, 0) is 4.79 Å². The maximum absolute atomic E-state index is 13.4. The molecule has 1 atom stereocenters. The van der Waals surface area contributed by atoms with Crippen LogP contribution in [0, 0.1) is 10.1 Å². The topological polar surface area (TPSA) is 175 Å². The van der Waals surface area contributed by atoms with Crippen LogP contribution in [0.5, 0.6) is 0 Å². The van der Waals surface area contributed by atoms with E-state index in [4.69, 9.17) is 0 Å². The quantitative estimate of drug-likeness (QED) is 0.172. The molecule has 2 aromatic heterocycles. The molecule has 3 heterocycles. The lowest BCUT2D eigenvalue weighted by Crippen LogP contribution is -2.48. The summed E-state index contributed by atoms with van der Waals surface area (Å²) in [7, 11) is 0. The van der Waals surface area contributed by atoms with Gasteiger partial charge in [0.1, 0.15) is 0 Å². The maximum Gasteiger partial charge on any atom is 0.305 e. The molecule has 1 unspecified atom stereocenters. The molecule has 1 fully saturated rings. The van der Waals surface area contributed by atoms with E-state index in [1.54, 1.807) is 41.4 Å². The summed E-state index contributed by atoms with van der Waals surface area (Å²) in [6.45, 7) is 1.81. The van der Waals surface area contributed by atoms with Gasteiger partial charge in [-0.1, -0.05) is 12.1 Å². The number of carboxylic acid groups (broad SMARTS) is 1. The van der Waals surface area contributed by atoms with E-state index >= 15 is 0 Å². The minimum atomic E-state index is -1.10. The fourth-order valence-electron chi connectivity index (χ4n) is 4.94. The monoisotopic (exact) mass is 628 g/mol. The molecule has 0 bridgehead atoms. The van der Waals surface area contributed by atoms with Crippen LogP contribution in [0.3, 0.4) is 0 Å². The number of hydrogen-bond acceptors (Lipinski definition) is 9. The van der Waals surface area contributed by atoms with Crippen molar-refractivity contribution in [3.63, 3.8) is 0 Å². The molecule has 3 amide bonds. The Labute approximate surface area is 261 Å². The molecule has 0 spiro atoms. The lowest BCUT2D eigenvalue weighted by molar-refractivity contribution is -0.384. The third-order valence-electron chi connectivity index (χ3n) is 7.26. The van der Waals surface area contributed by atoms with Crippen molar-refractivity contribution in [2.24, 2.45) is 0 Å². The smallest absolute Gasteiger partial charge is 0.305 e. The van der Waals surface area contributed by atoms with Crippen molar-refractivity contribution in [2.75, 3.05) is 36.4 Å². The zero-order chi connectivity index (χ0) is 31.9. The minimum Gasteiger partial charge on any atom is -0.481 e. The average molecular weight is 629 g/mol. The van der Waals surface area contributed by atoms with E-state index in [9.17, 15) is 34.4 Å². The summed E-state index contributed by atoms with van der Waals surface area (Å²) >= 11 is 1.38. The molecule has 4 aromatic rings. The molecule has 3 N–H and O–H groups in total. The number of pyridine rings is 1. The van der Waals surface area contributed by atoms with E-state index in [0.717, 1.165) is 0 Å². The molecule has 230 valence electrons. The predicted octanol–water partition coefficient (Wildman–Crippen LogP) is 4.21. The standard InChI is InChI=1S/C31H28N6O7S/c38-28(39)18-24(22-3-1-11-32-19-22)33-30(41)21-7-10-26(35-12-14-36(15-13-35)31(42)27-4-2-16-45-27)25(17-21)34-29(40)20-5-8-23(9-6-20)37(43)44/h1-11,16-17,19,24H,12-15,18H2,(H,33,41)(H,34,40)(H,38,39). The molecule has 1 saturated heterocycles. The van der Waals surface area contributed by atoms with Gasteiger partial charge in [-0.15, -0.1) is 11.3 Å². The molecule has 5 rings (SSSR count). The van der Waals surface area contributed by atoms with Crippen LogP contribution in [0.25, 0.3) is 0 Å². The van der Waals surface area contributed by atoms with E-state index in [2.05, 4.69) is 15.6 Å². The van der Waals surface area contributed by atoms with E-state index in [0.29, 0.717) is 48.0 Å². The van der Waals surface area contributed by atoms with Crippen molar-refractivity contribution in [1.82, 2.24) is 15.2 Å². The summed E-state index contributed by atoms with van der Waals surface area (Å²) in [6, 6.07) is 16.0. The minimum absolute atomic E-state index is 0.0482. The first kappa shape index (κ1) is 30.8. The maximum atomic E-state index is 13.4. The van der Waals surface area contributed by atoms with Gasteiger partial charge in [-0.05, 0) is 53.4 Å². The first-order valence-electron chi connectivity index (χ1n) is 13.9. The van der Waals surface area contributed by atoms with Crippen molar-refractivity contribution in [2.45, 2.75) is 12.5 Å². The van der Waals surface area contributed by atoms with Gasteiger partial charge in [0.25, 0.3) is 23.4 Å². The number of non-ortho nitro benzene ring substituents is 1. The number of nitro groups is 1. The molecule has 2 aromatic carbocycles. The van der Waals surface area contributed by atoms with Crippen LogP contribution in [0.2, 0.25) is 0 Å². The first-order valence-corrected chi connectivity index (χ1v) is 14.8.